The van der Waals surface area contributed by atoms with Gasteiger partial charge in [0, 0.05) is 16.7 Å². The molecule has 6 heteroatoms. The first-order valence-electron chi connectivity index (χ1n) is 6.15. The molecule has 1 unspecified atom stereocenters. The number of anilines is 1. The van der Waals surface area contributed by atoms with Crippen LogP contribution in [-0.4, -0.2) is 24.4 Å². The largest absolute Gasteiger partial charge is 0.350 e. The molecule has 0 radical (unpaired) electrons. The number of benzene rings is 1. The molecule has 0 bridgehead atoms. The highest BCUT2D eigenvalue weighted by atomic mass is 79.9. The van der Waals surface area contributed by atoms with Gasteiger partial charge in [-0.15, -0.1) is 0 Å². The summed E-state index contributed by atoms with van der Waals surface area (Å²) in [6.07, 6.45) is 0.635. The van der Waals surface area contributed by atoms with Gasteiger partial charge in [0.1, 0.15) is 6.04 Å². The van der Waals surface area contributed by atoms with Gasteiger partial charge in [0.05, 0.1) is 6.54 Å². The van der Waals surface area contributed by atoms with Crippen LogP contribution in [0.25, 0.3) is 0 Å². The number of nitrogens with one attached hydrogen (secondary N) is 1. The van der Waals surface area contributed by atoms with Gasteiger partial charge in [-0.3, -0.25) is 14.9 Å². The highest BCUT2D eigenvalue weighted by molar-refractivity contribution is 9.10. The fourth-order valence-electron chi connectivity index (χ4n) is 2.30. The van der Waals surface area contributed by atoms with E-state index in [4.69, 9.17) is 5.73 Å². The van der Waals surface area contributed by atoms with Gasteiger partial charge < -0.3 is 10.6 Å². The van der Waals surface area contributed by atoms with Gasteiger partial charge in [-0.1, -0.05) is 28.9 Å². The first kappa shape index (κ1) is 14.0. The second kappa shape index (κ2) is 5.71. The van der Waals surface area contributed by atoms with Crippen LogP contribution in [0, 0.1) is 0 Å². The van der Waals surface area contributed by atoms with Crippen LogP contribution in [0.5, 0.6) is 0 Å². The maximum atomic E-state index is 11.9. The van der Waals surface area contributed by atoms with E-state index >= 15 is 0 Å². The van der Waals surface area contributed by atoms with Crippen molar-refractivity contribution in [3.63, 3.8) is 0 Å². The van der Waals surface area contributed by atoms with Crippen LogP contribution in [0.3, 0.4) is 0 Å². The van der Waals surface area contributed by atoms with Gasteiger partial charge in [-0.2, -0.15) is 0 Å². The minimum absolute atomic E-state index is 0.174. The zero-order valence-electron chi connectivity index (χ0n) is 10.6. The van der Waals surface area contributed by atoms with Crippen LogP contribution in [0.1, 0.15) is 18.9 Å². The molecule has 1 atom stereocenters. The van der Waals surface area contributed by atoms with Crippen LogP contribution in [-0.2, 0) is 16.1 Å². The summed E-state index contributed by atoms with van der Waals surface area (Å²) in [5.74, 6) is -0.528. The molecule has 2 rings (SSSR count). The number of nitrogens with zero attached hydrogens (tertiary/aromatic N) is 1. The van der Waals surface area contributed by atoms with Crippen molar-refractivity contribution in [3.05, 3.63) is 28.2 Å². The molecule has 0 aliphatic carbocycles. The normalized spacial score (nSPS) is 19.5. The van der Waals surface area contributed by atoms with E-state index in [9.17, 15) is 9.59 Å². The maximum Gasteiger partial charge on any atom is 0.249 e. The van der Waals surface area contributed by atoms with Crippen molar-refractivity contribution in [3.8, 4) is 0 Å². The number of halogens is 1. The second-order valence-electron chi connectivity index (χ2n) is 4.44. The summed E-state index contributed by atoms with van der Waals surface area (Å²) in [5, 5.41) is 2.37. The molecule has 1 aromatic carbocycles. The fraction of sp³-hybridized carbons (Fsp3) is 0.385. The molecule has 1 aromatic rings. The molecule has 1 aliphatic rings. The molecule has 0 spiro atoms. The van der Waals surface area contributed by atoms with Crippen LogP contribution >= 0.6 is 15.9 Å². The predicted molar refractivity (Wildman–Crippen MR) is 76.6 cm³/mol. The van der Waals surface area contributed by atoms with Crippen molar-refractivity contribution in [1.82, 2.24) is 5.32 Å². The molecule has 2 amide bonds. The monoisotopic (exact) mass is 325 g/mol. The zero-order chi connectivity index (χ0) is 14.0. The van der Waals surface area contributed by atoms with Crippen LogP contribution < -0.4 is 16.0 Å². The Hall–Kier alpha value is -1.40. The summed E-state index contributed by atoms with van der Waals surface area (Å²) in [5.41, 5.74) is 7.50. The third kappa shape index (κ3) is 2.79. The Bertz CT molecular complexity index is 519. The number of imide groups is 1. The van der Waals surface area contributed by atoms with E-state index in [1.807, 2.05) is 30.0 Å². The van der Waals surface area contributed by atoms with Crippen molar-refractivity contribution in [2.24, 2.45) is 5.73 Å². The number of hydrogen-bond donors (Lipinski definition) is 2. The summed E-state index contributed by atoms with van der Waals surface area (Å²) in [7, 11) is 0. The Morgan fingerprint density at radius 1 is 1.47 bits per heavy atom. The van der Waals surface area contributed by atoms with Gasteiger partial charge >= 0.3 is 0 Å². The van der Waals surface area contributed by atoms with Gasteiger partial charge in [0.25, 0.3) is 0 Å². The third-order valence-corrected chi connectivity index (χ3v) is 3.71. The number of rotatable bonds is 3. The highest BCUT2D eigenvalue weighted by Gasteiger charge is 2.33. The Morgan fingerprint density at radius 3 is 2.84 bits per heavy atom. The number of carbonyl (C=O) groups is 2. The third-order valence-electron chi connectivity index (χ3n) is 3.22. The molecular formula is C13H16BrN3O2. The molecule has 102 valence electrons. The fourth-order valence-corrected chi connectivity index (χ4v) is 2.65. The lowest BCUT2D eigenvalue weighted by molar-refractivity contribution is -0.132. The van der Waals surface area contributed by atoms with Crippen molar-refractivity contribution in [1.29, 1.82) is 0 Å². The number of hydrogen-bond acceptors (Lipinski definition) is 4. The number of nitrogens with two attached hydrogens (primary N) is 1. The molecule has 5 nitrogen and oxygen atoms in total. The minimum Gasteiger partial charge on any atom is -0.350 e. The summed E-state index contributed by atoms with van der Waals surface area (Å²) < 4.78 is 0.896. The maximum absolute atomic E-state index is 11.9. The van der Waals surface area contributed by atoms with E-state index in [1.54, 1.807) is 0 Å². The molecule has 0 saturated carbocycles. The topological polar surface area (TPSA) is 75.4 Å². The van der Waals surface area contributed by atoms with Gasteiger partial charge in [-0.05, 0) is 24.1 Å². The summed E-state index contributed by atoms with van der Waals surface area (Å²) in [6, 6.07) is 5.37. The van der Waals surface area contributed by atoms with Gasteiger partial charge in [-0.25, -0.2) is 0 Å². The van der Waals surface area contributed by atoms with E-state index in [0.29, 0.717) is 13.0 Å². The predicted octanol–water partition coefficient (Wildman–Crippen LogP) is 1.15. The Kier molecular flexibility index (Phi) is 4.21. The van der Waals surface area contributed by atoms with Crippen molar-refractivity contribution in [2.45, 2.75) is 25.9 Å². The van der Waals surface area contributed by atoms with E-state index in [2.05, 4.69) is 21.2 Å². The quantitative estimate of drug-likeness (QED) is 0.817. The molecule has 0 aromatic heterocycles. The first-order valence-corrected chi connectivity index (χ1v) is 6.95. The number of piperazine rings is 1. The Labute approximate surface area is 120 Å². The molecule has 19 heavy (non-hydrogen) atoms. The second-order valence-corrected chi connectivity index (χ2v) is 5.36. The lowest BCUT2D eigenvalue weighted by Crippen LogP contribution is -2.58. The SMILES string of the molecule is CCC1C(=O)NC(=O)CN1c1cc(Br)ccc1CN. The average molecular weight is 326 g/mol. The van der Waals surface area contributed by atoms with E-state index < -0.39 is 0 Å². The van der Waals surface area contributed by atoms with Crippen LogP contribution in [0.15, 0.2) is 22.7 Å². The van der Waals surface area contributed by atoms with E-state index in [-0.39, 0.29) is 24.4 Å². The van der Waals surface area contributed by atoms with E-state index in [0.717, 1.165) is 15.7 Å². The Balaban J connectivity index is 2.45. The van der Waals surface area contributed by atoms with Crippen molar-refractivity contribution >= 4 is 33.4 Å². The standard InChI is InChI=1S/C13H16BrN3O2/c1-2-10-13(19)16-12(18)7-17(10)11-5-9(14)4-3-8(11)6-15/h3-5,10H,2,6-7,15H2,1H3,(H,16,18,19). The molecule has 1 fully saturated rings. The minimum atomic E-state index is -0.336. The molecule has 3 N–H and O–H groups in total. The molecule has 1 aliphatic heterocycles. The van der Waals surface area contributed by atoms with Gasteiger partial charge in [0.15, 0.2) is 0 Å². The van der Waals surface area contributed by atoms with E-state index in [1.165, 1.54) is 0 Å². The number of carbonyl (C=O) groups excluding carboxylic acids is 2. The number of amides is 2. The molecule has 1 heterocycles. The Morgan fingerprint density at radius 2 is 2.21 bits per heavy atom. The van der Waals surface area contributed by atoms with Crippen LogP contribution in [0.4, 0.5) is 5.69 Å². The molecular weight excluding hydrogens is 310 g/mol. The van der Waals surface area contributed by atoms with Gasteiger partial charge in [0.2, 0.25) is 11.8 Å². The summed E-state index contributed by atoms with van der Waals surface area (Å²) in [6.45, 7) is 2.46. The summed E-state index contributed by atoms with van der Waals surface area (Å²) >= 11 is 3.41. The van der Waals surface area contributed by atoms with Crippen molar-refractivity contribution in [2.75, 3.05) is 11.4 Å². The first-order chi connectivity index (χ1) is 9.06. The zero-order valence-corrected chi connectivity index (χ0v) is 12.2. The lowest BCUT2D eigenvalue weighted by Gasteiger charge is -2.36. The highest BCUT2D eigenvalue weighted by Crippen LogP contribution is 2.28. The average Bonchev–Trinajstić information content (AvgIpc) is 2.37. The lowest BCUT2D eigenvalue weighted by atomic mass is 10.1. The smallest absolute Gasteiger partial charge is 0.249 e. The van der Waals surface area contributed by atoms with Crippen LogP contribution in [0.2, 0.25) is 0 Å². The summed E-state index contributed by atoms with van der Waals surface area (Å²) in [4.78, 5) is 25.3. The van der Waals surface area contributed by atoms with Crippen molar-refractivity contribution < 1.29 is 9.59 Å². The molecule has 1 saturated heterocycles.